The number of carbonyl (C=O) groups is 2. The van der Waals surface area contributed by atoms with E-state index in [-0.39, 0.29) is 17.5 Å². The highest BCUT2D eigenvalue weighted by molar-refractivity contribution is 9.10. The Morgan fingerprint density at radius 1 is 1.00 bits per heavy atom. The van der Waals surface area contributed by atoms with Gasteiger partial charge in [0.05, 0.1) is 35.3 Å². The van der Waals surface area contributed by atoms with Crippen molar-refractivity contribution < 1.29 is 9.59 Å². The predicted octanol–water partition coefficient (Wildman–Crippen LogP) is 2.34. The van der Waals surface area contributed by atoms with Crippen LogP contribution >= 0.6 is 15.9 Å². The Bertz CT molecular complexity index is 1270. The third-order valence-electron chi connectivity index (χ3n) is 4.75. The van der Waals surface area contributed by atoms with Crippen LogP contribution in [0.2, 0.25) is 0 Å². The highest BCUT2D eigenvalue weighted by atomic mass is 79.9. The normalized spacial score (nSPS) is 10.8. The van der Waals surface area contributed by atoms with E-state index >= 15 is 0 Å². The molecule has 4 rings (SSSR count). The maximum atomic E-state index is 12.9. The van der Waals surface area contributed by atoms with E-state index in [9.17, 15) is 9.59 Å². The number of nitrogens with zero attached hydrogens (tertiary/aromatic N) is 6. The number of halogens is 1. The summed E-state index contributed by atoms with van der Waals surface area (Å²) < 4.78 is 5.75. The molecule has 0 aliphatic rings. The average Bonchev–Trinajstić information content (AvgIpc) is 3.47. The zero-order valence-electron chi connectivity index (χ0n) is 17.5. The van der Waals surface area contributed by atoms with Gasteiger partial charge in [-0.1, -0.05) is 12.1 Å². The first-order valence-electron chi connectivity index (χ1n) is 9.75. The van der Waals surface area contributed by atoms with Gasteiger partial charge in [0.15, 0.2) is 0 Å². The molecule has 32 heavy (non-hydrogen) atoms. The van der Waals surface area contributed by atoms with Crippen LogP contribution in [0.3, 0.4) is 0 Å². The van der Waals surface area contributed by atoms with E-state index in [2.05, 4.69) is 41.9 Å². The van der Waals surface area contributed by atoms with E-state index in [0.29, 0.717) is 24.3 Å². The molecule has 164 valence electrons. The SMILES string of the molecule is Cn1cc(CNC(=O)c2c(NC(=O)c3cccc(Cn4cc(Br)cn4)c3)cnn2C)cn1. The molecule has 3 aromatic heterocycles. The summed E-state index contributed by atoms with van der Waals surface area (Å²) in [7, 11) is 3.46. The molecular weight excluding hydrogens is 476 g/mol. The number of aryl methyl sites for hydroxylation is 2. The number of hydrogen-bond donors (Lipinski definition) is 2. The fourth-order valence-corrected chi connectivity index (χ4v) is 3.57. The molecule has 0 aliphatic heterocycles. The summed E-state index contributed by atoms with van der Waals surface area (Å²) in [6.07, 6.45) is 8.53. The lowest BCUT2D eigenvalue weighted by Crippen LogP contribution is -2.26. The molecule has 1 aromatic carbocycles. The van der Waals surface area contributed by atoms with Crippen molar-refractivity contribution in [3.8, 4) is 0 Å². The summed E-state index contributed by atoms with van der Waals surface area (Å²) >= 11 is 3.37. The largest absolute Gasteiger partial charge is 0.346 e. The Labute approximate surface area is 192 Å². The lowest BCUT2D eigenvalue weighted by molar-refractivity contribution is 0.0942. The summed E-state index contributed by atoms with van der Waals surface area (Å²) in [5.74, 6) is -0.676. The summed E-state index contributed by atoms with van der Waals surface area (Å²) in [6, 6.07) is 7.25. The smallest absolute Gasteiger partial charge is 0.271 e. The highest BCUT2D eigenvalue weighted by Crippen LogP contribution is 2.17. The van der Waals surface area contributed by atoms with Gasteiger partial charge in [-0.15, -0.1) is 0 Å². The van der Waals surface area contributed by atoms with Crippen LogP contribution in [0.4, 0.5) is 5.69 Å². The van der Waals surface area contributed by atoms with E-state index < -0.39 is 0 Å². The minimum absolute atomic E-state index is 0.264. The number of benzene rings is 1. The van der Waals surface area contributed by atoms with Crippen molar-refractivity contribution in [2.45, 2.75) is 13.1 Å². The van der Waals surface area contributed by atoms with Crippen LogP contribution < -0.4 is 10.6 Å². The second-order valence-corrected chi connectivity index (χ2v) is 8.16. The molecule has 0 fully saturated rings. The van der Waals surface area contributed by atoms with Crippen molar-refractivity contribution >= 4 is 33.4 Å². The number of hydrogen-bond acceptors (Lipinski definition) is 5. The fraction of sp³-hybridized carbons (Fsp3) is 0.190. The van der Waals surface area contributed by atoms with Gasteiger partial charge in [0.1, 0.15) is 5.69 Å². The second kappa shape index (κ2) is 9.18. The second-order valence-electron chi connectivity index (χ2n) is 7.25. The van der Waals surface area contributed by atoms with Gasteiger partial charge >= 0.3 is 0 Å². The lowest BCUT2D eigenvalue weighted by Gasteiger charge is -2.09. The Kier molecular flexibility index (Phi) is 6.17. The molecule has 0 unspecified atom stereocenters. The molecule has 2 amide bonds. The molecule has 0 saturated carbocycles. The van der Waals surface area contributed by atoms with Crippen LogP contribution in [-0.4, -0.2) is 41.2 Å². The van der Waals surface area contributed by atoms with Gasteiger partial charge in [0.2, 0.25) is 0 Å². The van der Waals surface area contributed by atoms with Crippen LogP contribution in [0.5, 0.6) is 0 Å². The number of rotatable bonds is 7. The van der Waals surface area contributed by atoms with Crippen molar-refractivity contribution in [1.29, 1.82) is 0 Å². The number of amides is 2. The zero-order valence-corrected chi connectivity index (χ0v) is 19.1. The van der Waals surface area contributed by atoms with Gasteiger partial charge < -0.3 is 10.6 Å². The van der Waals surface area contributed by atoms with Gasteiger partial charge in [0.25, 0.3) is 11.8 Å². The first kappa shape index (κ1) is 21.5. The maximum Gasteiger partial charge on any atom is 0.271 e. The molecule has 0 saturated heterocycles. The summed E-state index contributed by atoms with van der Waals surface area (Å²) in [4.78, 5) is 25.6. The third kappa shape index (κ3) is 4.94. The van der Waals surface area contributed by atoms with Crippen LogP contribution in [0, 0.1) is 0 Å². The Morgan fingerprint density at radius 3 is 2.56 bits per heavy atom. The number of anilines is 1. The standard InChI is InChI=1S/C21H21BrN8O2/c1-28-11-15(8-24-28)7-23-21(32)19-18(10-25-29(19)2)27-20(31)16-5-3-4-14(6-16)12-30-13-17(22)9-26-30/h3-6,8-11,13H,7,12H2,1-2H3,(H,23,32)(H,27,31). The first-order chi connectivity index (χ1) is 15.4. The van der Waals surface area contributed by atoms with E-state index in [4.69, 9.17) is 0 Å². The lowest BCUT2D eigenvalue weighted by atomic mass is 10.1. The monoisotopic (exact) mass is 496 g/mol. The molecule has 0 radical (unpaired) electrons. The third-order valence-corrected chi connectivity index (χ3v) is 5.16. The molecule has 0 atom stereocenters. The molecule has 11 heteroatoms. The number of nitrogens with one attached hydrogen (secondary N) is 2. The van der Waals surface area contributed by atoms with Crippen molar-refractivity contribution in [3.63, 3.8) is 0 Å². The molecule has 0 bridgehead atoms. The van der Waals surface area contributed by atoms with Crippen molar-refractivity contribution in [3.05, 3.63) is 82.1 Å². The molecule has 0 spiro atoms. The van der Waals surface area contributed by atoms with Crippen molar-refractivity contribution in [2.75, 3.05) is 5.32 Å². The fourth-order valence-electron chi connectivity index (χ4n) is 3.24. The topological polar surface area (TPSA) is 112 Å². The quantitative estimate of drug-likeness (QED) is 0.407. The van der Waals surface area contributed by atoms with Gasteiger partial charge in [0, 0.05) is 44.2 Å². The van der Waals surface area contributed by atoms with Crippen LogP contribution in [0.1, 0.15) is 32.0 Å². The minimum Gasteiger partial charge on any atom is -0.346 e. The van der Waals surface area contributed by atoms with Gasteiger partial charge in [-0.25, -0.2) is 0 Å². The summed E-state index contributed by atoms with van der Waals surface area (Å²) in [5.41, 5.74) is 2.87. The summed E-state index contributed by atoms with van der Waals surface area (Å²) in [5, 5.41) is 18.1. The van der Waals surface area contributed by atoms with Gasteiger partial charge in [-0.05, 0) is 33.6 Å². The van der Waals surface area contributed by atoms with Crippen LogP contribution in [0.15, 0.2) is 59.7 Å². The number of carbonyl (C=O) groups excluding carboxylic acids is 2. The van der Waals surface area contributed by atoms with Crippen LogP contribution in [-0.2, 0) is 27.2 Å². The molecule has 3 heterocycles. The van der Waals surface area contributed by atoms with Crippen LogP contribution in [0.25, 0.3) is 0 Å². The Balaban J connectivity index is 1.45. The molecular formula is C21H21BrN8O2. The van der Waals surface area contributed by atoms with Gasteiger partial charge in [-0.3, -0.25) is 23.6 Å². The van der Waals surface area contributed by atoms with E-state index in [1.54, 1.807) is 40.9 Å². The predicted molar refractivity (Wildman–Crippen MR) is 121 cm³/mol. The minimum atomic E-state index is -0.345. The van der Waals surface area contributed by atoms with E-state index in [1.165, 1.54) is 10.9 Å². The molecule has 2 N–H and O–H groups in total. The molecule has 10 nitrogen and oxygen atoms in total. The Hall–Kier alpha value is -3.73. The van der Waals surface area contributed by atoms with E-state index in [0.717, 1.165) is 15.6 Å². The number of aromatic nitrogens is 6. The van der Waals surface area contributed by atoms with Crippen molar-refractivity contribution in [2.24, 2.45) is 14.1 Å². The van der Waals surface area contributed by atoms with Gasteiger partial charge in [-0.2, -0.15) is 15.3 Å². The molecule has 4 aromatic rings. The molecule has 0 aliphatic carbocycles. The van der Waals surface area contributed by atoms with E-state index in [1.807, 2.05) is 31.6 Å². The van der Waals surface area contributed by atoms with Crippen molar-refractivity contribution in [1.82, 2.24) is 34.7 Å². The maximum absolute atomic E-state index is 12.9. The Morgan fingerprint density at radius 2 is 1.84 bits per heavy atom. The first-order valence-corrected chi connectivity index (χ1v) is 10.5. The highest BCUT2D eigenvalue weighted by Gasteiger charge is 2.19. The summed E-state index contributed by atoms with van der Waals surface area (Å²) in [6.45, 7) is 0.846. The zero-order chi connectivity index (χ0) is 22.7. The average molecular weight is 497 g/mol.